The van der Waals surface area contributed by atoms with E-state index in [1.165, 1.54) is 0 Å². The summed E-state index contributed by atoms with van der Waals surface area (Å²) in [5.74, 6) is -0.718. The predicted molar refractivity (Wildman–Crippen MR) is 43.1 cm³/mol. The Balaban J connectivity index is 4.32. The van der Waals surface area contributed by atoms with Gasteiger partial charge in [-0.15, -0.1) is 0 Å². The molecule has 0 saturated heterocycles. The highest BCUT2D eigenvalue weighted by Gasteiger charge is 2.30. The minimum Gasteiger partial charge on any atom is -0.350 e. The summed E-state index contributed by atoms with van der Waals surface area (Å²) < 4.78 is 35.7. The second kappa shape index (κ2) is 4.30. The first-order valence-electron chi connectivity index (χ1n) is 3.79. The molecule has 0 spiro atoms. The number of halogens is 3. The van der Waals surface area contributed by atoms with Gasteiger partial charge in [0.2, 0.25) is 5.91 Å². The zero-order valence-electron chi connectivity index (χ0n) is 7.70. The Morgan fingerprint density at radius 3 is 2.15 bits per heavy atom. The summed E-state index contributed by atoms with van der Waals surface area (Å²) in [4.78, 5) is 10.8. The third kappa shape index (κ3) is 5.27. The van der Waals surface area contributed by atoms with Crippen LogP contribution in [0.5, 0.6) is 0 Å². The van der Waals surface area contributed by atoms with Crippen molar-refractivity contribution >= 4 is 5.91 Å². The number of hydrogen-bond acceptors (Lipinski definition) is 1. The van der Waals surface area contributed by atoms with Crippen LogP contribution in [0.3, 0.4) is 0 Å². The molecule has 1 N–H and O–H groups in total. The molecule has 0 aromatic rings. The van der Waals surface area contributed by atoms with Gasteiger partial charge in [0, 0.05) is 17.7 Å². The van der Waals surface area contributed by atoms with Crippen LogP contribution in [0, 0.1) is 0 Å². The van der Waals surface area contributed by atoms with E-state index in [0.29, 0.717) is 6.08 Å². The van der Waals surface area contributed by atoms with E-state index >= 15 is 0 Å². The maximum absolute atomic E-state index is 11.9. The van der Waals surface area contributed by atoms with Gasteiger partial charge in [0.05, 0.1) is 0 Å². The molecule has 0 unspecified atom stereocenters. The van der Waals surface area contributed by atoms with Crippen molar-refractivity contribution in [2.24, 2.45) is 0 Å². The second-order valence-electron chi connectivity index (χ2n) is 2.99. The Bertz CT molecular complexity index is 218. The van der Waals surface area contributed by atoms with Gasteiger partial charge in [-0.25, -0.2) is 0 Å². The number of rotatable bonds is 2. The topological polar surface area (TPSA) is 29.1 Å². The lowest BCUT2D eigenvalue weighted by molar-refractivity contribution is -0.118. The molecule has 0 aliphatic carbocycles. The van der Waals surface area contributed by atoms with Crippen LogP contribution in [0.4, 0.5) is 13.2 Å². The van der Waals surface area contributed by atoms with E-state index in [-0.39, 0.29) is 6.04 Å². The maximum Gasteiger partial charge on any atom is 0.412 e. The van der Waals surface area contributed by atoms with Gasteiger partial charge in [-0.05, 0) is 20.8 Å². The fraction of sp³-hybridized carbons (Fsp3) is 0.625. The van der Waals surface area contributed by atoms with E-state index in [1.54, 1.807) is 13.8 Å². The summed E-state index contributed by atoms with van der Waals surface area (Å²) in [6.07, 6.45) is -3.87. The Morgan fingerprint density at radius 1 is 1.38 bits per heavy atom. The van der Waals surface area contributed by atoms with Crippen molar-refractivity contribution in [1.82, 2.24) is 5.32 Å². The summed E-state index contributed by atoms with van der Waals surface area (Å²) in [5.41, 5.74) is -0.898. The molecule has 76 valence electrons. The van der Waals surface area contributed by atoms with Gasteiger partial charge in [0.25, 0.3) is 0 Å². The minimum absolute atomic E-state index is 0.162. The van der Waals surface area contributed by atoms with E-state index in [4.69, 9.17) is 0 Å². The first-order chi connectivity index (χ1) is 5.73. The van der Waals surface area contributed by atoms with Crippen LogP contribution in [0.1, 0.15) is 20.8 Å². The number of allylic oxidation sites excluding steroid dienone is 1. The average Bonchev–Trinajstić information content (AvgIpc) is 1.82. The van der Waals surface area contributed by atoms with Crippen LogP contribution in [0.25, 0.3) is 0 Å². The van der Waals surface area contributed by atoms with Crippen molar-refractivity contribution in [2.75, 3.05) is 0 Å². The van der Waals surface area contributed by atoms with Gasteiger partial charge in [0.15, 0.2) is 0 Å². The van der Waals surface area contributed by atoms with Gasteiger partial charge >= 0.3 is 6.18 Å². The first-order valence-corrected chi connectivity index (χ1v) is 3.79. The van der Waals surface area contributed by atoms with Gasteiger partial charge in [-0.1, -0.05) is 0 Å². The zero-order valence-corrected chi connectivity index (χ0v) is 7.70. The molecule has 0 saturated carbocycles. The van der Waals surface area contributed by atoms with Crippen molar-refractivity contribution in [1.29, 1.82) is 0 Å². The van der Waals surface area contributed by atoms with Crippen LogP contribution < -0.4 is 5.32 Å². The summed E-state index contributed by atoms with van der Waals surface area (Å²) in [5, 5.41) is 2.33. The van der Waals surface area contributed by atoms with Crippen molar-refractivity contribution in [3.8, 4) is 0 Å². The molecule has 0 fully saturated rings. The number of alkyl halides is 3. The normalized spacial score (nSPS) is 13.3. The molecule has 13 heavy (non-hydrogen) atoms. The number of nitrogens with one attached hydrogen (secondary N) is 1. The molecule has 0 atom stereocenters. The Morgan fingerprint density at radius 2 is 1.85 bits per heavy atom. The average molecular weight is 195 g/mol. The molecule has 0 bridgehead atoms. The Labute approximate surface area is 74.8 Å². The summed E-state index contributed by atoms with van der Waals surface area (Å²) in [7, 11) is 0. The molecule has 0 aromatic heterocycles. The number of amides is 1. The van der Waals surface area contributed by atoms with Gasteiger partial charge in [-0.3, -0.25) is 4.79 Å². The number of carbonyl (C=O) groups excluding carboxylic acids is 1. The largest absolute Gasteiger partial charge is 0.412 e. The SMILES string of the molecule is C/C(=C/C(=O)NC(C)C)C(F)(F)F. The molecule has 0 radical (unpaired) electrons. The van der Waals surface area contributed by atoms with Gasteiger partial charge in [-0.2, -0.15) is 13.2 Å². The molecule has 0 rings (SSSR count). The Kier molecular flexibility index (Phi) is 3.97. The molecular formula is C8H12F3NO. The highest BCUT2D eigenvalue weighted by Crippen LogP contribution is 2.24. The van der Waals surface area contributed by atoms with E-state index in [9.17, 15) is 18.0 Å². The monoisotopic (exact) mass is 195 g/mol. The molecule has 5 heteroatoms. The molecular weight excluding hydrogens is 183 g/mol. The van der Waals surface area contributed by atoms with Crippen LogP contribution in [0.15, 0.2) is 11.6 Å². The summed E-state index contributed by atoms with van der Waals surface area (Å²) in [6.45, 7) is 4.21. The first kappa shape index (κ1) is 12.0. The summed E-state index contributed by atoms with van der Waals surface area (Å²) >= 11 is 0. The highest BCUT2D eigenvalue weighted by molar-refractivity contribution is 5.88. The highest BCUT2D eigenvalue weighted by atomic mass is 19.4. The molecule has 0 aromatic carbocycles. The van der Waals surface area contributed by atoms with E-state index in [0.717, 1.165) is 6.92 Å². The van der Waals surface area contributed by atoms with Crippen LogP contribution >= 0.6 is 0 Å². The molecule has 1 amide bonds. The van der Waals surface area contributed by atoms with Crippen LogP contribution in [-0.4, -0.2) is 18.1 Å². The Hall–Kier alpha value is -1.00. The lowest BCUT2D eigenvalue weighted by atomic mass is 10.2. The third-order valence-corrected chi connectivity index (χ3v) is 1.23. The van der Waals surface area contributed by atoms with Crippen molar-refractivity contribution in [3.63, 3.8) is 0 Å². The van der Waals surface area contributed by atoms with Gasteiger partial charge < -0.3 is 5.32 Å². The molecule has 0 aliphatic heterocycles. The van der Waals surface area contributed by atoms with Gasteiger partial charge in [0.1, 0.15) is 0 Å². The second-order valence-corrected chi connectivity index (χ2v) is 2.99. The van der Waals surface area contributed by atoms with Crippen molar-refractivity contribution < 1.29 is 18.0 Å². The predicted octanol–water partition coefficient (Wildman–Crippen LogP) is 2.02. The quantitative estimate of drug-likeness (QED) is 0.671. The summed E-state index contributed by atoms with van der Waals surface area (Å²) in [6, 6.07) is -0.162. The lowest BCUT2D eigenvalue weighted by Gasteiger charge is -2.08. The van der Waals surface area contributed by atoms with Crippen LogP contribution in [-0.2, 0) is 4.79 Å². The number of carbonyl (C=O) groups is 1. The van der Waals surface area contributed by atoms with Crippen LogP contribution in [0.2, 0.25) is 0 Å². The zero-order chi connectivity index (χ0) is 10.6. The fourth-order valence-corrected chi connectivity index (χ4v) is 0.605. The van der Waals surface area contributed by atoms with E-state index < -0.39 is 17.7 Å². The van der Waals surface area contributed by atoms with E-state index in [1.807, 2.05) is 0 Å². The lowest BCUT2D eigenvalue weighted by Crippen LogP contribution is -2.29. The number of hydrogen-bond donors (Lipinski definition) is 1. The smallest absolute Gasteiger partial charge is 0.350 e. The fourth-order valence-electron chi connectivity index (χ4n) is 0.605. The van der Waals surface area contributed by atoms with Crippen molar-refractivity contribution in [2.45, 2.75) is 33.0 Å². The third-order valence-electron chi connectivity index (χ3n) is 1.23. The minimum atomic E-state index is -4.42. The molecule has 2 nitrogen and oxygen atoms in total. The molecule has 0 heterocycles. The maximum atomic E-state index is 11.9. The van der Waals surface area contributed by atoms with E-state index in [2.05, 4.69) is 5.32 Å². The van der Waals surface area contributed by atoms with Crippen molar-refractivity contribution in [3.05, 3.63) is 11.6 Å². The molecule has 0 aliphatic rings. The standard InChI is InChI=1S/C8H12F3NO/c1-5(2)12-7(13)4-6(3)8(9,10)11/h4-5H,1-3H3,(H,12,13)/b6-4-.